The number of sulfonamides is 1. The van der Waals surface area contributed by atoms with Gasteiger partial charge in [-0.05, 0) is 12.1 Å². The second kappa shape index (κ2) is 5.49. The van der Waals surface area contributed by atoms with Crippen molar-refractivity contribution in [3.8, 4) is 5.75 Å². The quantitative estimate of drug-likeness (QED) is 0.925. The van der Waals surface area contributed by atoms with Gasteiger partial charge in [-0.3, -0.25) is 4.72 Å². The summed E-state index contributed by atoms with van der Waals surface area (Å²) < 4.78 is 31.8. The van der Waals surface area contributed by atoms with Gasteiger partial charge in [-0.15, -0.1) is 21.5 Å². The summed E-state index contributed by atoms with van der Waals surface area (Å²) >= 11 is 12.3. The molecule has 0 saturated heterocycles. The Bertz CT molecular complexity index is 702. The molecule has 2 rings (SSSR count). The minimum atomic E-state index is -3.78. The molecule has 0 spiro atoms. The molecule has 0 bridgehead atoms. The first-order valence-corrected chi connectivity index (χ1v) is 7.83. The molecular formula is C9H7Cl2N3O3S2. The third-order valence-corrected chi connectivity index (χ3v) is 5.24. The van der Waals surface area contributed by atoms with Gasteiger partial charge in [0, 0.05) is 6.07 Å². The molecule has 0 radical (unpaired) electrons. The number of anilines is 1. The van der Waals surface area contributed by atoms with Gasteiger partial charge in [0.25, 0.3) is 10.0 Å². The molecule has 0 saturated carbocycles. The Morgan fingerprint density at radius 2 is 2.05 bits per heavy atom. The van der Waals surface area contributed by atoms with E-state index in [-0.39, 0.29) is 20.9 Å². The number of thiophene rings is 1. The Labute approximate surface area is 123 Å². The van der Waals surface area contributed by atoms with E-state index in [9.17, 15) is 8.42 Å². The summed E-state index contributed by atoms with van der Waals surface area (Å²) in [7, 11) is -2.41. The van der Waals surface area contributed by atoms with E-state index >= 15 is 0 Å². The summed E-state index contributed by atoms with van der Waals surface area (Å²) in [5, 5.41) is 7.29. The van der Waals surface area contributed by atoms with Gasteiger partial charge in [0.05, 0.1) is 11.4 Å². The Kier molecular flexibility index (Phi) is 4.14. The van der Waals surface area contributed by atoms with Crippen molar-refractivity contribution < 1.29 is 13.2 Å². The van der Waals surface area contributed by atoms with E-state index in [4.69, 9.17) is 27.9 Å². The number of ether oxygens (including phenoxy) is 1. The summed E-state index contributed by atoms with van der Waals surface area (Å²) in [6.07, 6.45) is 0. The van der Waals surface area contributed by atoms with E-state index in [1.165, 1.54) is 25.3 Å². The fraction of sp³-hybridized carbons (Fsp3) is 0.111. The number of hydrogen-bond donors (Lipinski definition) is 1. The van der Waals surface area contributed by atoms with Crippen molar-refractivity contribution in [2.45, 2.75) is 4.21 Å². The number of rotatable bonds is 4. The van der Waals surface area contributed by atoms with Crippen molar-refractivity contribution in [2.24, 2.45) is 0 Å². The maximum atomic E-state index is 12.1. The van der Waals surface area contributed by atoms with Crippen molar-refractivity contribution >= 4 is 50.4 Å². The van der Waals surface area contributed by atoms with Crippen molar-refractivity contribution in [2.75, 3.05) is 11.8 Å². The molecule has 10 heteroatoms. The lowest BCUT2D eigenvalue weighted by Crippen LogP contribution is -2.14. The predicted octanol–water partition coefficient (Wildman–Crippen LogP) is 2.65. The summed E-state index contributed by atoms with van der Waals surface area (Å²) in [5.41, 5.74) is 0. The summed E-state index contributed by atoms with van der Waals surface area (Å²) in [6.45, 7) is 0. The first kappa shape index (κ1) is 14.3. The fourth-order valence-corrected chi connectivity index (χ4v) is 3.83. The summed E-state index contributed by atoms with van der Waals surface area (Å²) in [6, 6.07) is 4.24. The monoisotopic (exact) mass is 339 g/mol. The Balaban J connectivity index is 2.35. The van der Waals surface area contributed by atoms with Gasteiger partial charge >= 0.3 is 0 Å². The van der Waals surface area contributed by atoms with E-state index in [1.54, 1.807) is 0 Å². The van der Waals surface area contributed by atoms with Crippen molar-refractivity contribution in [3.05, 3.63) is 27.7 Å². The summed E-state index contributed by atoms with van der Waals surface area (Å²) in [5.74, 6) is 0.127. The van der Waals surface area contributed by atoms with Crippen LogP contribution < -0.4 is 9.46 Å². The van der Waals surface area contributed by atoms with Crippen LogP contribution in [0.25, 0.3) is 0 Å². The second-order valence-electron chi connectivity index (χ2n) is 3.25. The highest BCUT2D eigenvalue weighted by molar-refractivity contribution is 7.94. The van der Waals surface area contributed by atoms with Crippen LogP contribution in [0, 0.1) is 0 Å². The van der Waals surface area contributed by atoms with E-state index in [1.807, 2.05) is 0 Å². The average Bonchev–Trinajstić information content (AvgIpc) is 2.79. The Hall–Kier alpha value is -1.09. The molecule has 1 N–H and O–H groups in total. The van der Waals surface area contributed by atoms with Gasteiger partial charge in [-0.2, -0.15) is 0 Å². The van der Waals surface area contributed by atoms with Crippen molar-refractivity contribution in [1.82, 2.24) is 10.2 Å². The standard InChI is InChI=1S/C9H7Cl2N3O3S2/c1-17-5-4-6(10)12-13-9(5)14-19(15,16)8-3-2-7(11)18-8/h2-4H,1H3,(H,13,14). The molecule has 0 aromatic carbocycles. The first-order chi connectivity index (χ1) is 8.92. The average molecular weight is 340 g/mol. The van der Waals surface area contributed by atoms with Crippen LogP contribution in [-0.4, -0.2) is 25.7 Å². The lowest BCUT2D eigenvalue weighted by atomic mass is 10.5. The first-order valence-electron chi connectivity index (χ1n) is 4.78. The number of nitrogens with one attached hydrogen (secondary N) is 1. The van der Waals surface area contributed by atoms with Crippen LogP contribution in [0.15, 0.2) is 22.4 Å². The van der Waals surface area contributed by atoms with Crippen molar-refractivity contribution in [3.63, 3.8) is 0 Å². The third-order valence-electron chi connectivity index (χ3n) is 1.99. The van der Waals surface area contributed by atoms with E-state index < -0.39 is 10.0 Å². The number of halogens is 2. The molecule has 0 aliphatic rings. The van der Waals surface area contributed by atoms with Gasteiger partial charge in [-0.25, -0.2) is 8.42 Å². The van der Waals surface area contributed by atoms with Gasteiger partial charge in [0.1, 0.15) is 4.21 Å². The molecule has 6 nitrogen and oxygen atoms in total. The van der Waals surface area contributed by atoms with Crippen LogP contribution in [0.1, 0.15) is 0 Å². The molecular weight excluding hydrogens is 333 g/mol. The van der Waals surface area contributed by atoms with Gasteiger partial charge in [0.15, 0.2) is 10.9 Å². The topological polar surface area (TPSA) is 81.2 Å². The minimum absolute atomic E-state index is 0.0450. The Morgan fingerprint density at radius 1 is 1.32 bits per heavy atom. The second-order valence-corrected chi connectivity index (χ2v) is 7.26. The number of nitrogens with zero attached hydrogens (tertiary/aromatic N) is 2. The van der Waals surface area contributed by atoms with E-state index in [2.05, 4.69) is 14.9 Å². The zero-order chi connectivity index (χ0) is 14.0. The van der Waals surface area contributed by atoms with Crippen LogP contribution in [0.5, 0.6) is 5.75 Å². The van der Waals surface area contributed by atoms with Crippen molar-refractivity contribution in [1.29, 1.82) is 0 Å². The third kappa shape index (κ3) is 3.27. The molecule has 0 unspecified atom stereocenters. The maximum absolute atomic E-state index is 12.1. The van der Waals surface area contributed by atoms with E-state index in [0.717, 1.165) is 11.3 Å². The highest BCUT2D eigenvalue weighted by atomic mass is 35.5. The zero-order valence-corrected chi connectivity index (χ0v) is 12.6. The maximum Gasteiger partial charge on any atom is 0.272 e. The molecule has 0 fully saturated rings. The van der Waals surface area contributed by atoms with Crippen LogP contribution >= 0.6 is 34.5 Å². The van der Waals surface area contributed by atoms with Crippen LogP contribution in [0.4, 0.5) is 5.82 Å². The van der Waals surface area contributed by atoms with Crippen LogP contribution in [0.3, 0.4) is 0 Å². The molecule has 19 heavy (non-hydrogen) atoms. The number of hydrogen-bond acceptors (Lipinski definition) is 6. The van der Waals surface area contributed by atoms with Crippen LogP contribution in [0.2, 0.25) is 9.49 Å². The normalized spacial score (nSPS) is 11.3. The minimum Gasteiger partial charge on any atom is -0.493 e. The number of aromatic nitrogens is 2. The van der Waals surface area contributed by atoms with Gasteiger partial charge in [0.2, 0.25) is 5.82 Å². The lowest BCUT2D eigenvalue weighted by Gasteiger charge is -2.08. The zero-order valence-electron chi connectivity index (χ0n) is 9.42. The lowest BCUT2D eigenvalue weighted by molar-refractivity contribution is 0.414. The molecule has 0 atom stereocenters. The molecule has 102 valence electrons. The highest BCUT2D eigenvalue weighted by Gasteiger charge is 2.20. The summed E-state index contributed by atoms with van der Waals surface area (Å²) in [4.78, 5) is 0. The van der Waals surface area contributed by atoms with Gasteiger partial charge in [-0.1, -0.05) is 23.2 Å². The molecule has 2 heterocycles. The number of methoxy groups -OCH3 is 1. The molecule has 2 aromatic rings. The smallest absolute Gasteiger partial charge is 0.272 e. The molecule has 0 amide bonds. The molecule has 0 aliphatic carbocycles. The van der Waals surface area contributed by atoms with Gasteiger partial charge < -0.3 is 4.74 Å². The SMILES string of the molecule is COc1cc(Cl)nnc1NS(=O)(=O)c1ccc(Cl)s1. The fourth-order valence-electron chi connectivity index (χ4n) is 1.20. The highest BCUT2D eigenvalue weighted by Crippen LogP contribution is 2.29. The molecule has 0 aliphatic heterocycles. The molecule has 2 aromatic heterocycles. The predicted molar refractivity (Wildman–Crippen MR) is 73.7 cm³/mol. The van der Waals surface area contributed by atoms with E-state index in [0.29, 0.717) is 4.34 Å². The van der Waals surface area contributed by atoms with Crippen LogP contribution in [-0.2, 0) is 10.0 Å². The largest absolute Gasteiger partial charge is 0.493 e. The Morgan fingerprint density at radius 3 is 2.63 bits per heavy atom.